The fourth-order valence-electron chi connectivity index (χ4n) is 3.19. The van der Waals surface area contributed by atoms with Gasteiger partial charge in [0.05, 0.1) is 18.8 Å². The third-order valence-corrected chi connectivity index (χ3v) is 4.28. The van der Waals surface area contributed by atoms with Crippen LogP contribution in [0.2, 0.25) is 0 Å². The van der Waals surface area contributed by atoms with Gasteiger partial charge in [0.25, 0.3) is 0 Å². The molecule has 0 amide bonds. The normalized spacial score (nSPS) is 20.6. The zero-order valence-corrected chi connectivity index (χ0v) is 15.5. The molecule has 1 saturated heterocycles. The van der Waals surface area contributed by atoms with E-state index in [1.54, 1.807) is 0 Å². The molecular formula is C19H29N3O2. The van der Waals surface area contributed by atoms with Gasteiger partial charge >= 0.3 is 0 Å². The average molecular weight is 331 g/mol. The van der Waals surface area contributed by atoms with Crippen molar-refractivity contribution in [3.05, 3.63) is 23.8 Å². The maximum absolute atomic E-state index is 9.77. The lowest BCUT2D eigenvalue weighted by molar-refractivity contribution is 0.0795. The Morgan fingerprint density at radius 3 is 2.62 bits per heavy atom. The van der Waals surface area contributed by atoms with Crippen molar-refractivity contribution in [3.8, 4) is 17.6 Å². The number of rotatable bonds is 6. The van der Waals surface area contributed by atoms with E-state index in [9.17, 15) is 5.26 Å². The molecule has 2 atom stereocenters. The number of likely N-dealkylation sites (N-methyl/N-ethyl adjacent to an activating group) is 1. The number of nitriles is 1. The molecule has 1 heterocycles. The third kappa shape index (κ3) is 4.40. The van der Waals surface area contributed by atoms with E-state index < -0.39 is 0 Å². The zero-order chi connectivity index (χ0) is 17.7. The van der Waals surface area contributed by atoms with E-state index in [2.05, 4.69) is 29.8 Å². The summed E-state index contributed by atoms with van der Waals surface area (Å²) in [5.41, 5.74) is 0.966. The van der Waals surface area contributed by atoms with Crippen molar-refractivity contribution < 1.29 is 9.47 Å². The number of piperazine rings is 1. The van der Waals surface area contributed by atoms with Crippen LogP contribution in [0.15, 0.2) is 18.2 Å². The number of nitrogens with zero attached hydrogens (tertiary/aromatic N) is 3. The fraction of sp³-hybridized carbons (Fsp3) is 0.632. The molecule has 1 aliphatic heterocycles. The largest absolute Gasteiger partial charge is 0.490 e. The lowest BCUT2D eigenvalue weighted by Gasteiger charge is -2.40. The summed E-state index contributed by atoms with van der Waals surface area (Å²) in [4.78, 5) is 4.58. The van der Waals surface area contributed by atoms with Crippen molar-refractivity contribution >= 4 is 0 Å². The van der Waals surface area contributed by atoms with Crippen LogP contribution in [0.3, 0.4) is 0 Å². The van der Waals surface area contributed by atoms with Crippen LogP contribution < -0.4 is 9.47 Å². The minimum Gasteiger partial charge on any atom is -0.490 e. The van der Waals surface area contributed by atoms with E-state index in [0.29, 0.717) is 18.4 Å². The van der Waals surface area contributed by atoms with Gasteiger partial charge in [0.1, 0.15) is 6.04 Å². The molecule has 0 N–H and O–H groups in total. The number of benzene rings is 1. The summed E-state index contributed by atoms with van der Waals surface area (Å²) in [5, 5.41) is 9.77. The summed E-state index contributed by atoms with van der Waals surface area (Å²) in [7, 11) is 2.13. The molecule has 0 aliphatic carbocycles. The Morgan fingerprint density at radius 1 is 1.29 bits per heavy atom. The van der Waals surface area contributed by atoms with Crippen LogP contribution in [0.1, 0.15) is 39.3 Å². The van der Waals surface area contributed by atoms with E-state index in [-0.39, 0.29) is 12.1 Å². The second-order valence-electron chi connectivity index (χ2n) is 6.69. The summed E-state index contributed by atoms with van der Waals surface area (Å²) < 4.78 is 11.6. The van der Waals surface area contributed by atoms with Gasteiger partial charge in [-0.15, -0.1) is 0 Å². The van der Waals surface area contributed by atoms with Crippen LogP contribution in [0.5, 0.6) is 11.5 Å². The molecule has 2 rings (SSSR count). The lowest BCUT2D eigenvalue weighted by Crippen LogP contribution is -2.51. The van der Waals surface area contributed by atoms with E-state index in [0.717, 1.165) is 30.9 Å². The van der Waals surface area contributed by atoms with Crippen LogP contribution in [-0.4, -0.2) is 55.2 Å². The minimum atomic E-state index is -0.263. The first-order valence-corrected chi connectivity index (χ1v) is 8.73. The van der Waals surface area contributed by atoms with Crippen LogP contribution >= 0.6 is 0 Å². The van der Waals surface area contributed by atoms with Gasteiger partial charge in [-0.3, -0.25) is 4.90 Å². The van der Waals surface area contributed by atoms with Crippen molar-refractivity contribution in [2.24, 2.45) is 0 Å². The zero-order valence-electron chi connectivity index (χ0n) is 15.5. The molecule has 0 bridgehead atoms. The second-order valence-corrected chi connectivity index (χ2v) is 6.69. The molecule has 5 heteroatoms. The number of hydrogen-bond acceptors (Lipinski definition) is 5. The Balaban J connectivity index is 2.28. The molecule has 2 unspecified atom stereocenters. The molecule has 1 aromatic carbocycles. The Labute approximate surface area is 145 Å². The van der Waals surface area contributed by atoms with Crippen molar-refractivity contribution in [2.45, 2.75) is 45.9 Å². The molecule has 0 radical (unpaired) electrons. The fourth-order valence-corrected chi connectivity index (χ4v) is 3.19. The van der Waals surface area contributed by atoms with Gasteiger partial charge in [0, 0.05) is 25.7 Å². The summed E-state index contributed by atoms with van der Waals surface area (Å²) in [5.74, 6) is 1.45. The maximum atomic E-state index is 9.77. The van der Waals surface area contributed by atoms with E-state index in [4.69, 9.17) is 9.47 Å². The molecule has 132 valence electrons. The van der Waals surface area contributed by atoms with Crippen molar-refractivity contribution in [2.75, 3.05) is 33.3 Å². The van der Waals surface area contributed by atoms with Gasteiger partial charge in [-0.1, -0.05) is 6.07 Å². The predicted molar refractivity (Wildman–Crippen MR) is 95.4 cm³/mol. The van der Waals surface area contributed by atoms with E-state index in [1.807, 2.05) is 39.0 Å². The van der Waals surface area contributed by atoms with Gasteiger partial charge in [-0.25, -0.2) is 0 Å². The number of hydrogen-bond donors (Lipinski definition) is 0. The summed E-state index contributed by atoms with van der Waals surface area (Å²) in [6.45, 7) is 11.5. The van der Waals surface area contributed by atoms with Crippen molar-refractivity contribution in [1.29, 1.82) is 5.26 Å². The van der Waals surface area contributed by atoms with Gasteiger partial charge in [-0.2, -0.15) is 5.26 Å². The molecular weight excluding hydrogens is 302 g/mol. The molecule has 0 spiro atoms. The molecule has 1 fully saturated rings. The lowest BCUT2D eigenvalue weighted by atomic mass is 10.0. The molecule has 1 aromatic rings. The first-order valence-electron chi connectivity index (χ1n) is 8.73. The summed E-state index contributed by atoms with van der Waals surface area (Å²) in [6.07, 6.45) is 0.0828. The molecule has 1 aliphatic rings. The van der Waals surface area contributed by atoms with Gasteiger partial charge in [0.15, 0.2) is 11.5 Å². The van der Waals surface area contributed by atoms with Crippen LogP contribution in [0, 0.1) is 11.3 Å². The Kier molecular flexibility index (Phi) is 6.47. The van der Waals surface area contributed by atoms with Gasteiger partial charge < -0.3 is 14.4 Å². The monoisotopic (exact) mass is 331 g/mol. The summed E-state index contributed by atoms with van der Waals surface area (Å²) >= 11 is 0. The highest BCUT2D eigenvalue weighted by atomic mass is 16.5. The maximum Gasteiger partial charge on any atom is 0.161 e. The Morgan fingerprint density at radius 2 is 2.04 bits per heavy atom. The first-order chi connectivity index (χ1) is 11.5. The van der Waals surface area contributed by atoms with E-state index in [1.165, 1.54) is 0 Å². The minimum absolute atomic E-state index is 0.0828. The molecule has 0 saturated carbocycles. The van der Waals surface area contributed by atoms with Crippen molar-refractivity contribution in [1.82, 2.24) is 9.80 Å². The van der Waals surface area contributed by atoms with Crippen LogP contribution in [-0.2, 0) is 0 Å². The van der Waals surface area contributed by atoms with Crippen molar-refractivity contribution in [3.63, 3.8) is 0 Å². The van der Waals surface area contributed by atoms with Gasteiger partial charge in [0.2, 0.25) is 0 Å². The number of ether oxygens (including phenoxy) is 2. The topological polar surface area (TPSA) is 48.7 Å². The standard InChI is InChI=1S/C19H29N3O2/c1-6-23-19-11-16(7-8-18(19)24-14(2)3)17(12-20)22-10-9-21(5)13-15(22)4/h7-8,11,14-15,17H,6,9-10,13H2,1-5H3. The molecule has 5 nitrogen and oxygen atoms in total. The SMILES string of the molecule is CCOc1cc(C(C#N)N2CCN(C)CC2C)ccc1OC(C)C. The van der Waals surface area contributed by atoms with Crippen LogP contribution in [0.25, 0.3) is 0 Å². The second kappa shape index (κ2) is 8.36. The quantitative estimate of drug-likeness (QED) is 0.802. The Bertz CT molecular complexity index is 582. The highest BCUT2D eigenvalue weighted by molar-refractivity contribution is 5.45. The summed E-state index contributed by atoms with van der Waals surface area (Å²) in [6, 6.07) is 8.42. The highest BCUT2D eigenvalue weighted by Crippen LogP contribution is 2.34. The first kappa shape index (κ1) is 18.6. The molecule has 0 aromatic heterocycles. The third-order valence-electron chi connectivity index (χ3n) is 4.28. The van der Waals surface area contributed by atoms with E-state index >= 15 is 0 Å². The highest BCUT2D eigenvalue weighted by Gasteiger charge is 2.29. The molecule has 24 heavy (non-hydrogen) atoms. The predicted octanol–water partition coefficient (Wildman–Crippen LogP) is 3.07. The van der Waals surface area contributed by atoms with Gasteiger partial charge in [-0.05, 0) is 52.4 Å². The smallest absolute Gasteiger partial charge is 0.161 e. The van der Waals surface area contributed by atoms with Crippen LogP contribution in [0.4, 0.5) is 0 Å². The Hall–Kier alpha value is -1.77. The average Bonchev–Trinajstić information content (AvgIpc) is 2.52.